The molecule has 1 heterocycles. The van der Waals surface area contributed by atoms with E-state index in [1.165, 1.54) is 13.0 Å². The van der Waals surface area contributed by atoms with Crippen LogP contribution in [0.25, 0.3) is 0 Å². The Morgan fingerprint density at radius 1 is 1.47 bits per heavy atom. The van der Waals surface area contributed by atoms with Gasteiger partial charge in [-0.3, -0.25) is 0 Å². The molecule has 2 atom stereocenters. The topological polar surface area (TPSA) is 18.5 Å². The maximum absolute atomic E-state index is 3.64. The Kier molecular flexibility index (Phi) is 5.03. The number of nitrogens with zero attached hydrogens (tertiary/aromatic N) is 2. The van der Waals surface area contributed by atoms with Gasteiger partial charge in [0.2, 0.25) is 0 Å². The van der Waals surface area contributed by atoms with Crippen molar-refractivity contribution in [1.82, 2.24) is 15.1 Å². The zero-order valence-electron chi connectivity index (χ0n) is 11.0. The number of rotatable bonds is 5. The molecule has 1 rings (SSSR count). The summed E-state index contributed by atoms with van der Waals surface area (Å²) in [6.45, 7) is 10.2. The smallest absolute Gasteiger partial charge is 0.0210 e. The highest BCUT2D eigenvalue weighted by atomic mass is 15.2. The van der Waals surface area contributed by atoms with Crippen LogP contribution in [-0.4, -0.2) is 61.7 Å². The predicted molar refractivity (Wildman–Crippen MR) is 66.3 cm³/mol. The van der Waals surface area contributed by atoms with E-state index < -0.39 is 0 Å². The summed E-state index contributed by atoms with van der Waals surface area (Å²) in [5.74, 6) is 0. The highest BCUT2D eigenvalue weighted by Gasteiger charge is 2.25. The fourth-order valence-corrected chi connectivity index (χ4v) is 2.04. The summed E-state index contributed by atoms with van der Waals surface area (Å²) in [6, 6.07) is 2.09. The normalized spacial score (nSPS) is 28.2. The molecule has 1 N–H and O–H groups in total. The monoisotopic (exact) mass is 213 g/mol. The van der Waals surface area contributed by atoms with Crippen LogP contribution in [0, 0.1) is 0 Å². The van der Waals surface area contributed by atoms with Gasteiger partial charge in [0, 0.05) is 37.8 Å². The molecule has 0 radical (unpaired) electrons. The van der Waals surface area contributed by atoms with Gasteiger partial charge in [0.15, 0.2) is 0 Å². The van der Waals surface area contributed by atoms with Gasteiger partial charge in [0.1, 0.15) is 0 Å². The number of nitrogens with one attached hydrogen (secondary N) is 1. The first-order valence-electron chi connectivity index (χ1n) is 6.14. The Bertz CT molecular complexity index is 172. The molecule has 1 aliphatic heterocycles. The third-order valence-electron chi connectivity index (χ3n) is 3.67. The molecule has 0 bridgehead atoms. The second-order valence-electron chi connectivity index (χ2n) is 5.25. The molecule has 1 aliphatic rings. The Hall–Kier alpha value is -0.120. The Labute approximate surface area is 94.8 Å². The van der Waals surface area contributed by atoms with Gasteiger partial charge in [-0.2, -0.15) is 0 Å². The van der Waals surface area contributed by atoms with Gasteiger partial charge in [-0.05, 0) is 41.3 Å². The number of likely N-dealkylation sites (N-methyl/N-ethyl adjacent to an activating group) is 2. The summed E-state index contributed by atoms with van der Waals surface area (Å²) in [7, 11) is 4.41. The van der Waals surface area contributed by atoms with E-state index in [1.54, 1.807) is 0 Å². The fraction of sp³-hybridized carbons (Fsp3) is 1.00. The van der Waals surface area contributed by atoms with Crippen LogP contribution in [0.1, 0.15) is 27.2 Å². The van der Waals surface area contributed by atoms with Crippen LogP contribution in [-0.2, 0) is 0 Å². The zero-order chi connectivity index (χ0) is 11.4. The summed E-state index contributed by atoms with van der Waals surface area (Å²) >= 11 is 0. The van der Waals surface area contributed by atoms with Gasteiger partial charge in [-0.15, -0.1) is 0 Å². The lowest BCUT2D eigenvalue weighted by atomic mass is 10.2. The highest BCUT2D eigenvalue weighted by Crippen LogP contribution is 2.14. The second kappa shape index (κ2) is 5.83. The average molecular weight is 213 g/mol. The summed E-state index contributed by atoms with van der Waals surface area (Å²) in [4.78, 5) is 4.82. The molecule has 0 aromatic rings. The van der Waals surface area contributed by atoms with Crippen molar-refractivity contribution in [2.45, 2.75) is 45.3 Å². The summed E-state index contributed by atoms with van der Waals surface area (Å²) < 4.78 is 0. The second-order valence-corrected chi connectivity index (χ2v) is 5.25. The van der Waals surface area contributed by atoms with Crippen molar-refractivity contribution in [1.29, 1.82) is 0 Å². The molecule has 0 aromatic heterocycles. The fourth-order valence-electron chi connectivity index (χ4n) is 2.04. The first-order valence-corrected chi connectivity index (χ1v) is 6.14. The molecule has 3 nitrogen and oxygen atoms in total. The average Bonchev–Trinajstić information content (AvgIpc) is 2.46. The van der Waals surface area contributed by atoms with E-state index in [-0.39, 0.29) is 0 Å². The molecule has 90 valence electrons. The third kappa shape index (κ3) is 4.09. The Morgan fingerprint density at radius 3 is 2.60 bits per heavy atom. The molecule has 0 saturated carbocycles. The van der Waals surface area contributed by atoms with Crippen LogP contribution >= 0.6 is 0 Å². The molecule has 1 fully saturated rings. The Morgan fingerprint density at radius 2 is 2.13 bits per heavy atom. The predicted octanol–water partition coefficient (Wildman–Crippen LogP) is 1.01. The molecule has 0 aromatic carbocycles. The van der Waals surface area contributed by atoms with Crippen molar-refractivity contribution >= 4 is 0 Å². The van der Waals surface area contributed by atoms with Crippen molar-refractivity contribution in [2.75, 3.05) is 33.7 Å². The molecule has 1 saturated heterocycles. The quantitative estimate of drug-likeness (QED) is 0.735. The van der Waals surface area contributed by atoms with Crippen molar-refractivity contribution in [2.24, 2.45) is 0 Å². The van der Waals surface area contributed by atoms with Crippen LogP contribution in [0.3, 0.4) is 0 Å². The minimum absolute atomic E-state index is 0.650. The van der Waals surface area contributed by atoms with Crippen LogP contribution < -0.4 is 5.32 Å². The number of likely N-dealkylation sites (tertiary alicyclic amines) is 1. The van der Waals surface area contributed by atoms with Gasteiger partial charge < -0.3 is 15.1 Å². The summed E-state index contributed by atoms with van der Waals surface area (Å²) in [6.07, 6.45) is 1.29. The van der Waals surface area contributed by atoms with E-state index in [1.807, 2.05) is 0 Å². The van der Waals surface area contributed by atoms with Crippen molar-refractivity contribution in [3.63, 3.8) is 0 Å². The van der Waals surface area contributed by atoms with E-state index in [4.69, 9.17) is 0 Å². The molecule has 15 heavy (non-hydrogen) atoms. The first kappa shape index (κ1) is 12.9. The van der Waals surface area contributed by atoms with Crippen molar-refractivity contribution < 1.29 is 0 Å². The molecule has 3 heteroatoms. The van der Waals surface area contributed by atoms with E-state index in [0.717, 1.165) is 19.1 Å². The summed E-state index contributed by atoms with van der Waals surface area (Å²) in [5.41, 5.74) is 0. The van der Waals surface area contributed by atoms with E-state index >= 15 is 0 Å². The summed E-state index contributed by atoms with van der Waals surface area (Å²) in [5, 5.41) is 3.64. The molecule has 0 spiro atoms. The Balaban J connectivity index is 2.11. The van der Waals surface area contributed by atoms with Crippen molar-refractivity contribution in [3.05, 3.63) is 0 Å². The van der Waals surface area contributed by atoms with E-state index in [0.29, 0.717) is 12.1 Å². The van der Waals surface area contributed by atoms with Gasteiger partial charge in [0.05, 0.1) is 0 Å². The maximum Gasteiger partial charge on any atom is 0.0210 e. The maximum atomic E-state index is 3.64. The lowest BCUT2D eigenvalue weighted by Crippen LogP contribution is -2.39. The van der Waals surface area contributed by atoms with E-state index in [9.17, 15) is 0 Å². The lowest BCUT2D eigenvalue weighted by molar-refractivity contribution is 0.268. The molecule has 2 unspecified atom stereocenters. The highest BCUT2D eigenvalue weighted by molar-refractivity contribution is 4.85. The third-order valence-corrected chi connectivity index (χ3v) is 3.67. The van der Waals surface area contributed by atoms with Crippen LogP contribution in [0.5, 0.6) is 0 Å². The number of hydrogen-bond acceptors (Lipinski definition) is 3. The standard InChI is InChI=1S/C12H27N3/c1-10(2)14(4)7-6-13-12-8-11(3)15(5)9-12/h10-13H,6-9H2,1-5H3. The minimum Gasteiger partial charge on any atom is -0.311 e. The SMILES string of the molecule is CC(C)N(C)CCNC1CC(C)N(C)C1. The molecular formula is C12H27N3. The number of hydrogen-bond donors (Lipinski definition) is 1. The van der Waals surface area contributed by atoms with Crippen LogP contribution in [0.15, 0.2) is 0 Å². The van der Waals surface area contributed by atoms with E-state index in [2.05, 4.69) is 50.0 Å². The van der Waals surface area contributed by atoms with Gasteiger partial charge in [0.25, 0.3) is 0 Å². The lowest BCUT2D eigenvalue weighted by Gasteiger charge is -2.22. The minimum atomic E-state index is 0.650. The van der Waals surface area contributed by atoms with Gasteiger partial charge >= 0.3 is 0 Å². The molecular weight excluding hydrogens is 186 g/mol. The zero-order valence-corrected chi connectivity index (χ0v) is 11.0. The van der Waals surface area contributed by atoms with Crippen molar-refractivity contribution in [3.8, 4) is 0 Å². The van der Waals surface area contributed by atoms with Gasteiger partial charge in [-0.25, -0.2) is 0 Å². The van der Waals surface area contributed by atoms with Crippen LogP contribution in [0.2, 0.25) is 0 Å². The van der Waals surface area contributed by atoms with Gasteiger partial charge in [-0.1, -0.05) is 0 Å². The largest absolute Gasteiger partial charge is 0.311 e. The first-order chi connectivity index (χ1) is 7.00. The van der Waals surface area contributed by atoms with Crippen LogP contribution in [0.4, 0.5) is 0 Å². The molecule has 0 aliphatic carbocycles. The molecule has 0 amide bonds.